The SMILES string of the molecule is CCCc1sc(C(=O)/C=C/c2ccc(OC)c(Cn3cc(Cl)cn3)c2)cc1Br. The van der Waals surface area contributed by atoms with Crippen LogP contribution in [0.3, 0.4) is 0 Å². The number of hydrogen-bond donors (Lipinski definition) is 0. The van der Waals surface area contributed by atoms with Crippen molar-refractivity contribution >= 4 is 50.7 Å². The van der Waals surface area contributed by atoms with Crippen LogP contribution < -0.4 is 4.74 Å². The summed E-state index contributed by atoms with van der Waals surface area (Å²) in [7, 11) is 1.64. The van der Waals surface area contributed by atoms with Gasteiger partial charge in [0, 0.05) is 21.1 Å². The predicted molar refractivity (Wildman–Crippen MR) is 119 cm³/mol. The lowest BCUT2D eigenvalue weighted by atomic mass is 10.1. The standard InChI is InChI=1S/C21H20BrClN2O2S/c1-3-4-20-17(22)10-21(28-20)18(26)7-5-14-6-8-19(27-2)15(9-14)12-25-13-16(23)11-24-25/h5-11,13H,3-4,12H2,1-2H3/b7-5+. The molecule has 1 aromatic carbocycles. The zero-order valence-electron chi connectivity index (χ0n) is 15.6. The van der Waals surface area contributed by atoms with Crippen LogP contribution in [0.4, 0.5) is 0 Å². The minimum atomic E-state index is 0.00396. The van der Waals surface area contributed by atoms with E-state index in [9.17, 15) is 4.79 Å². The van der Waals surface area contributed by atoms with E-state index in [4.69, 9.17) is 16.3 Å². The molecule has 0 N–H and O–H groups in total. The zero-order valence-corrected chi connectivity index (χ0v) is 18.8. The lowest BCUT2D eigenvalue weighted by Crippen LogP contribution is -2.02. The Kier molecular flexibility index (Phi) is 7.10. The highest BCUT2D eigenvalue weighted by Gasteiger charge is 2.11. The summed E-state index contributed by atoms with van der Waals surface area (Å²) in [4.78, 5) is 14.5. The van der Waals surface area contributed by atoms with Crippen molar-refractivity contribution in [3.8, 4) is 5.75 Å². The Hall–Kier alpha value is -1.89. The number of allylic oxidation sites excluding steroid dienone is 1. The largest absolute Gasteiger partial charge is 0.496 e. The predicted octanol–water partition coefficient (Wildman–Crippen LogP) is 6.27. The van der Waals surface area contributed by atoms with Gasteiger partial charge in [0.2, 0.25) is 0 Å². The number of carbonyl (C=O) groups is 1. The minimum Gasteiger partial charge on any atom is -0.496 e. The van der Waals surface area contributed by atoms with Crippen molar-refractivity contribution in [3.05, 3.63) is 73.1 Å². The summed E-state index contributed by atoms with van der Waals surface area (Å²) in [5, 5.41) is 4.80. The first-order valence-corrected chi connectivity index (χ1v) is 10.8. The lowest BCUT2D eigenvalue weighted by molar-refractivity contribution is 0.105. The third kappa shape index (κ3) is 5.13. The van der Waals surface area contributed by atoms with Gasteiger partial charge < -0.3 is 4.74 Å². The van der Waals surface area contributed by atoms with E-state index in [1.54, 1.807) is 41.6 Å². The number of aryl methyl sites for hydroxylation is 1. The van der Waals surface area contributed by atoms with Crippen molar-refractivity contribution in [2.75, 3.05) is 7.11 Å². The van der Waals surface area contributed by atoms with E-state index in [0.717, 1.165) is 39.1 Å². The molecule has 0 aliphatic heterocycles. The molecule has 0 aliphatic carbocycles. The number of nitrogens with zero attached hydrogens (tertiary/aromatic N) is 2. The van der Waals surface area contributed by atoms with E-state index >= 15 is 0 Å². The topological polar surface area (TPSA) is 44.1 Å². The summed E-state index contributed by atoms with van der Waals surface area (Å²) in [6, 6.07) is 7.72. The van der Waals surface area contributed by atoms with Gasteiger partial charge in [0.15, 0.2) is 5.78 Å². The van der Waals surface area contributed by atoms with E-state index < -0.39 is 0 Å². The third-order valence-corrected chi connectivity index (χ3v) is 6.52. The van der Waals surface area contributed by atoms with Crippen LogP contribution in [0.2, 0.25) is 5.02 Å². The van der Waals surface area contributed by atoms with Gasteiger partial charge in [-0.25, -0.2) is 0 Å². The third-order valence-electron chi connectivity index (χ3n) is 4.14. The first-order valence-electron chi connectivity index (χ1n) is 8.85. The zero-order chi connectivity index (χ0) is 20.1. The number of aromatic nitrogens is 2. The molecule has 0 saturated heterocycles. The van der Waals surface area contributed by atoms with Crippen LogP contribution in [0.5, 0.6) is 5.75 Å². The molecule has 0 radical (unpaired) electrons. The first-order chi connectivity index (χ1) is 13.5. The number of thiophene rings is 1. The maximum atomic E-state index is 12.5. The highest BCUT2D eigenvalue weighted by Crippen LogP contribution is 2.29. The van der Waals surface area contributed by atoms with Crippen LogP contribution in [-0.2, 0) is 13.0 Å². The molecule has 2 heterocycles. The number of benzene rings is 1. The van der Waals surface area contributed by atoms with Gasteiger partial charge in [-0.05, 0) is 52.2 Å². The van der Waals surface area contributed by atoms with Crippen molar-refractivity contribution in [1.82, 2.24) is 9.78 Å². The number of hydrogen-bond acceptors (Lipinski definition) is 4. The Balaban J connectivity index is 1.78. The molecule has 0 unspecified atom stereocenters. The second-order valence-electron chi connectivity index (χ2n) is 6.26. The summed E-state index contributed by atoms with van der Waals surface area (Å²) in [6.07, 6.45) is 8.83. The second-order valence-corrected chi connectivity index (χ2v) is 8.68. The molecule has 0 amide bonds. The maximum absolute atomic E-state index is 12.5. The van der Waals surface area contributed by atoms with E-state index in [1.165, 1.54) is 4.88 Å². The molecular formula is C21H20BrClN2O2S. The average molecular weight is 480 g/mol. The van der Waals surface area contributed by atoms with Gasteiger partial charge in [-0.15, -0.1) is 11.3 Å². The summed E-state index contributed by atoms with van der Waals surface area (Å²) in [5.74, 6) is 0.769. The van der Waals surface area contributed by atoms with Gasteiger partial charge in [-0.2, -0.15) is 5.10 Å². The highest BCUT2D eigenvalue weighted by atomic mass is 79.9. The van der Waals surface area contributed by atoms with Crippen LogP contribution in [0.15, 0.2) is 47.2 Å². The van der Waals surface area contributed by atoms with Crippen LogP contribution in [0.25, 0.3) is 6.08 Å². The summed E-state index contributed by atoms with van der Waals surface area (Å²) < 4.78 is 8.21. The van der Waals surface area contributed by atoms with Crippen molar-refractivity contribution in [3.63, 3.8) is 0 Å². The van der Waals surface area contributed by atoms with Crippen LogP contribution in [0.1, 0.15) is 39.0 Å². The van der Waals surface area contributed by atoms with Gasteiger partial charge in [-0.3, -0.25) is 9.48 Å². The molecular weight excluding hydrogens is 460 g/mol. The highest BCUT2D eigenvalue weighted by molar-refractivity contribution is 9.10. The Bertz CT molecular complexity index is 1010. The first kappa shape index (κ1) is 20.8. The minimum absolute atomic E-state index is 0.00396. The van der Waals surface area contributed by atoms with Crippen molar-refractivity contribution in [2.24, 2.45) is 0 Å². The Morgan fingerprint density at radius 1 is 1.39 bits per heavy atom. The summed E-state index contributed by atoms with van der Waals surface area (Å²) in [5.41, 5.74) is 1.88. The van der Waals surface area contributed by atoms with Crippen LogP contribution in [-0.4, -0.2) is 22.7 Å². The quantitative estimate of drug-likeness (QED) is 0.283. The van der Waals surface area contributed by atoms with E-state index in [-0.39, 0.29) is 5.78 Å². The molecule has 0 aliphatic rings. The molecule has 3 aromatic rings. The Morgan fingerprint density at radius 2 is 2.21 bits per heavy atom. The molecule has 2 aromatic heterocycles. The smallest absolute Gasteiger partial charge is 0.195 e. The van der Waals surface area contributed by atoms with Gasteiger partial charge in [-0.1, -0.05) is 37.1 Å². The van der Waals surface area contributed by atoms with Gasteiger partial charge in [0.05, 0.1) is 29.8 Å². The van der Waals surface area contributed by atoms with Crippen LogP contribution >= 0.6 is 38.9 Å². The van der Waals surface area contributed by atoms with Gasteiger partial charge in [0.25, 0.3) is 0 Å². The average Bonchev–Trinajstić information content (AvgIpc) is 3.26. The van der Waals surface area contributed by atoms with E-state index in [0.29, 0.717) is 11.6 Å². The molecule has 0 atom stereocenters. The van der Waals surface area contributed by atoms with Crippen molar-refractivity contribution in [2.45, 2.75) is 26.3 Å². The fourth-order valence-corrected chi connectivity index (χ4v) is 4.86. The maximum Gasteiger partial charge on any atom is 0.195 e. The Morgan fingerprint density at radius 3 is 2.89 bits per heavy atom. The van der Waals surface area contributed by atoms with Crippen molar-refractivity contribution in [1.29, 1.82) is 0 Å². The number of ketones is 1. The Labute approximate surface area is 181 Å². The number of ether oxygens (including phenoxy) is 1. The molecule has 7 heteroatoms. The molecule has 0 spiro atoms. The number of carbonyl (C=O) groups excluding carboxylic acids is 1. The summed E-state index contributed by atoms with van der Waals surface area (Å²) >= 11 is 11.0. The molecule has 0 fully saturated rings. The molecule has 28 heavy (non-hydrogen) atoms. The molecule has 3 rings (SSSR count). The monoisotopic (exact) mass is 478 g/mol. The van der Waals surface area contributed by atoms with Gasteiger partial charge in [0.1, 0.15) is 5.75 Å². The van der Waals surface area contributed by atoms with E-state index in [1.807, 2.05) is 30.3 Å². The summed E-state index contributed by atoms with van der Waals surface area (Å²) in [6.45, 7) is 2.66. The molecule has 0 bridgehead atoms. The normalized spacial score (nSPS) is 11.3. The van der Waals surface area contributed by atoms with Crippen LogP contribution in [0, 0.1) is 0 Å². The number of halogens is 2. The number of rotatable bonds is 8. The van der Waals surface area contributed by atoms with Gasteiger partial charge >= 0.3 is 0 Å². The molecule has 4 nitrogen and oxygen atoms in total. The number of methoxy groups -OCH3 is 1. The second kappa shape index (κ2) is 9.54. The van der Waals surface area contributed by atoms with E-state index in [2.05, 4.69) is 28.0 Å². The van der Waals surface area contributed by atoms with Crippen molar-refractivity contribution < 1.29 is 9.53 Å². The lowest BCUT2D eigenvalue weighted by Gasteiger charge is -2.09. The molecule has 146 valence electrons. The fraction of sp³-hybridized carbons (Fsp3) is 0.238. The molecule has 0 saturated carbocycles. The fourth-order valence-electron chi connectivity index (χ4n) is 2.80.